The van der Waals surface area contributed by atoms with Gasteiger partial charge >= 0.3 is 0 Å². The molecule has 0 bridgehead atoms. The molecule has 1 fully saturated rings. The smallest absolute Gasteiger partial charge is 0.119 e. The zero-order valence-electron chi connectivity index (χ0n) is 12.9. The zero-order valence-corrected chi connectivity index (χ0v) is 12.9. The second kappa shape index (κ2) is 6.59. The third-order valence-corrected chi connectivity index (χ3v) is 4.11. The summed E-state index contributed by atoms with van der Waals surface area (Å²) in [6.45, 7) is 7.29. The van der Waals surface area contributed by atoms with Crippen molar-refractivity contribution >= 4 is 0 Å². The predicted molar refractivity (Wildman–Crippen MR) is 82.3 cm³/mol. The maximum Gasteiger partial charge on any atom is 0.119 e. The Morgan fingerprint density at radius 2 is 1.80 bits per heavy atom. The molecule has 0 heterocycles. The predicted octanol–water partition coefficient (Wildman–Crippen LogP) is 2.97. The Kier molecular flexibility index (Phi) is 5.06. The average molecular weight is 277 g/mol. The molecule has 3 heteroatoms. The number of rotatable bonds is 6. The van der Waals surface area contributed by atoms with E-state index in [1.54, 1.807) is 0 Å². The average Bonchev–Trinajstić information content (AvgIpc) is 2.80. The molecule has 112 valence electrons. The van der Waals surface area contributed by atoms with Crippen LogP contribution in [0.1, 0.15) is 43.7 Å². The highest BCUT2D eigenvalue weighted by Crippen LogP contribution is 2.28. The molecule has 3 nitrogen and oxygen atoms in total. The molecule has 1 atom stereocenters. The molecule has 2 N–H and O–H groups in total. The number of β-amino-alcohol motifs (C(OH)–C–C–N with tert-alkyl or cyclic N) is 1. The first-order valence-corrected chi connectivity index (χ1v) is 7.61. The van der Waals surface area contributed by atoms with Crippen LogP contribution in [-0.2, 0) is 0 Å². The van der Waals surface area contributed by atoms with Gasteiger partial charge in [0, 0.05) is 12.1 Å². The summed E-state index contributed by atoms with van der Waals surface area (Å²) < 4.78 is 5.69. The molecule has 1 aliphatic carbocycles. The van der Waals surface area contributed by atoms with E-state index >= 15 is 0 Å². The number of benzene rings is 1. The van der Waals surface area contributed by atoms with Crippen LogP contribution in [0, 0.1) is 13.8 Å². The van der Waals surface area contributed by atoms with E-state index in [4.69, 9.17) is 4.74 Å². The van der Waals surface area contributed by atoms with E-state index in [2.05, 4.69) is 32.2 Å². The Hall–Kier alpha value is -1.06. The SMILES string of the molecule is Cc1cc(C)cc(OCC(O)CNC2(C)CCCC2)c1. The number of hydrogen-bond acceptors (Lipinski definition) is 3. The Morgan fingerprint density at radius 1 is 1.20 bits per heavy atom. The standard InChI is InChI=1S/C17H27NO2/c1-13-8-14(2)10-16(9-13)20-12-15(19)11-18-17(3)6-4-5-7-17/h8-10,15,18-19H,4-7,11-12H2,1-3H3. The van der Waals surface area contributed by atoms with Gasteiger partial charge < -0.3 is 15.2 Å². The lowest BCUT2D eigenvalue weighted by Gasteiger charge is -2.27. The van der Waals surface area contributed by atoms with E-state index in [1.807, 2.05) is 12.1 Å². The molecular formula is C17H27NO2. The molecule has 0 amide bonds. The van der Waals surface area contributed by atoms with Gasteiger partial charge in [-0.1, -0.05) is 18.9 Å². The van der Waals surface area contributed by atoms with Crippen LogP contribution in [0.2, 0.25) is 0 Å². The van der Waals surface area contributed by atoms with Crippen LogP contribution in [0.15, 0.2) is 18.2 Å². The van der Waals surface area contributed by atoms with Gasteiger partial charge in [-0.15, -0.1) is 0 Å². The van der Waals surface area contributed by atoms with Crippen molar-refractivity contribution in [3.8, 4) is 5.75 Å². The second-order valence-electron chi connectivity index (χ2n) is 6.44. The summed E-state index contributed by atoms with van der Waals surface area (Å²) in [5.74, 6) is 0.841. The molecule has 0 radical (unpaired) electrons. The van der Waals surface area contributed by atoms with E-state index in [9.17, 15) is 5.11 Å². The van der Waals surface area contributed by atoms with E-state index in [0.717, 1.165) is 5.75 Å². The lowest BCUT2D eigenvalue weighted by Crippen LogP contribution is -2.44. The fourth-order valence-electron chi connectivity index (χ4n) is 2.96. The highest BCUT2D eigenvalue weighted by molar-refractivity contribution is 5.32. The molecular weight excluding hydrogens is 250 g/mol. The van der Waals surface area contributed by atoms with Crippen molar-refractivity contribution in [2.45, 2.75) is 58.1 Å². The monoisotopic (exact) mass is 277 g/mol. The number of ether oxygens (including phenoxy) is 1. The van der Waals surface area contributed by atoms with Crippen LogP contribution >= 0.6 is 0 Å². The third kappa shape index (κ3) is 4.50. The van der Waals surface area contributed by atoms with Gasteiger partial charge in [-0.05, 0) is 56.9 Å². The summed E-state index contributed by atoms with van der Waals surface area (Å²) in [7, 11) is 0. The molecule has 1 unspecified atom stereocenters. The van der Waals surface area contributed by atoms with Crippen molar-refractivity contribution in [1.29, 1.82) is 0 Å². The summed E-state index contributed by atoms with van der Waals surface area (Å²) in [6.07, 6.45) is 4.53. The van der Waals surface area contributed by atoms with Crippen molar-refractivity contribution in [1.82, 2.24) is 5.32 Å². The van der Waals surface area contributed by atoms with Gasteiger partial charge in [0.15, 0.2) is 0 Å². The first kappa shape index (κ1) is 15.3. The van der Waals surface area contributed by atoms with Gasteiger partial charge in [-0.25, -0.2) is 0 Å². The Labute approximate surface area is 122 Å². The largest absolute Gasteiger partial charge is 0.491 e. The van der Waals surface area contributed by atoms with Gasteiger partial charge in [-0.3, -0.25) is 0 Å². The van der Waals surface area contributed by atoms with Crippen LogP contribution in [0.25, 0.3) is 0 Å². The molecule has 0 aliphatic heterocycles. The summed E-state index contributed by atoms with van der Waals surface area (Å²) in [4.78, 5) is 0. The summed E-state index contributed by atoms with van der Waals surface area (Å²) in [5, 5.41) is 13.5. The lowest BCUT2D eigenvalue weighted by molar-refractivity contribution is 0.0979. The first-order valence-electron chi connectivity index (χ1n) is 7.61. The first-order chi connectivity index (χ1) is 9.47. The van der Waals surface area contributed by atoms with Crippen molar-refractivity contribution in [2.24, 2.45) is 0 Å². The van der Waals surface area contributed by atoms with E-state index < -0.39 is 6.10 Å². The minimum atomic E-state index is -0.465. The van der Waals surface area contributed by atoms with Gasteiger partial charge in [0.2, 0.25) is 0 Å². The number of aryl methyl sites for hydroxylation is 2. The van der Waals surface area contributed by atoms with Gasteiger partial charge in [0.05, 0.1) is 0 Å². The summed E-state index contributed by atoms with van der Waals surface area (Å²) in [6, 6.07) is 6.13. The Morgan fingerprint density at radius 3 is 2.40 bits per heavy atom. The number of hydrogen-bond donors (Lipinski definition) is 2. The third-order valence-electron chi connectivity index (χ3n) is 4.11. The summed E-state index contributed by atoms with van der Waals surface area (Å²) >= 11 is 0. The zero-order chi connectivity index (χ0) is 14.6. The quantitative estimate of drug-likeness (QED) is 0.840. The van der Waals surface area contributed by atoms with Crippen molar-refractivity contribution in [2.75, 3.05) is 13.2 Å². The van der Waals surface area contributed by atoms with Gasteiger partial charge in [0.1, 0.15) is 18.5 Å². The van der Waals surface area contributed by atoms with Crippen molar-refractivity contribution in [3.05, 3.63) is 29.3 Å². The van der Waals surface area contributed by atoms with Crippen molar-refractivity contribution in [3.63, 3.8) is 0 Å². The van der Waals surface area contributed by atoms with Crippen molar-refractivity contribution < 1.29 is 9.84 Å². The molecule has 20 heavy (non-hydrogen) atoms. The molecule has 1 saturated carbocycles. The maximum absolute atomic E-state index is 10.0. The van der Waals surface area contributed by atoms with Crippen LogP contribution in [0.5, 0.6) is 5.75 Å². The van der Waals surface area contributed by atoms with Crippen LogP contribution in [0.3, 0.4) is 0 Å². The van der Waals surface area contributed by atoms with E-state index in [0.29, 0.717) is 13.2 Å². The lowest BCUT2D eigenvalue weighted by atomic mass is 10.0. The van der Waals surface area contributed by atoms with E-state index in [1.165, 1.54) is 36.8 Å². The topological polar surface area (TPSA) is 41.5 Å². The molecule has 1 aliphatic rings. The molecule has 0 aromatic heterocycles. The fourth-order valence-corrected chi connectivity index (χ4v) is 2.96. The maximum atomic E-state index is 10.0. The fraction of sp³-hybridized carbons (Fsp3) is 0.647. The van der Waals surface area contributed by atoms with Gasteiger partial charge in [-0.2, -0.15) is 0 Å². The minimum absolute atomic E-state index is 0.209. The number of aliphatic hydroxyl groups is 1. The van der Waals surface area contributed by atoms with Gasteiger partial charge in [0.25, 0.3) is 0 Å². The number of nitrogens with one attached hydrogen (secondary N) is 1. The van der Waals surface area contributed by atoms with Crippen LogP contribution in [0.4, 0.5) is 0 Å². The molecule has 0 spiro atoms. The Balaban J connectivity index is 1.75. The highest BCUT2D eigenvalue weighted by atomic mass is 16.5. The minimum Gasteiger partial charge on any atom is -0.491 e. The normalized spacial score (nSPS) is 19.0. The molecule has 0 saturated heterocycles. The number of aliphatic hydroxyl groups excluding tert-OH is 1. The highest BCUT2D eigenvalue weighted by Gasteiger charge is 2.28. The second-order valence-corrected chi connectivity index (χ2v) is 6.44. The molecule has 1 aromatic carbocycles. The molecule has 2 rings (SSSR count). The molecule has 1 aromatic rings. The van der Waals surface area contributed by atoms with Crippen LogP contribution < -0.4 is 10.1 Å². The summed E-state index contributed by atoms with van der Waals surface area (Å²) in [5.41, 5.74) is 2.58. The van der Waals surface area contributed by atoms with E-state index in [-0.39, 0.29) is 5.54 Å². The Bertz CT molecular complexity index is 418. The van der Waals surface area contributed by atoms with Crippen LogP contribution in [-0.4, -0.2) is 29.9 Å².